The first-order valence-corrected chi connectivity index (χ1v) is 4.44. The molecule has 0 aliphatic heterocycles. The third-order valence-electron chi connectivity index (χ3n) is 1.56. The van der Waals surface area contributed by atoms with Gasteiger partial charge in [-0.05, 0) is 25.6 Å². The minimum absolute atomic E-state index is 0.224. The van der Waals surface area contributed by atoms with E-state index in [1.54, 1.807) is 0 Å². The molecule has 1 unspecified atom stereocenters. The van der Waals surface area contributed by atoms with E-state index in [1.807, 2.05) is 13.8 Å². The molecule has 1 atom stereocenters. The molecule has 0 heterocycles. The average Bonchev–Trinajstić information content (AvgIpc) is 1.98. The fourth-order valence-electron chi connectivity index (χ4n) is 0.923. The van der Waals surface area contributed by atoms with Crippen molar-refractivity contribution in [3.63, 3.8) is 0 Å². The van der Waals surface area contributed by atoms with E-state index < -0.39 is 12.7 Å². The zero-order valence-electron chi connectivity index (χ0n) is 8.04. The second kappa shape index (κ2) is 6.21. The quantitative estimate of drug-likeness (QED) is 0.674. The van der Waals surface area contributed by atoms with Crippen LogP contribution in [0.1, 0.15) is 13.8 Å². The van der Waals surface area contributed by atoms with Gasteiger partial charge < -0.3 is 10.6 Å². The van der Waals surface area contributed by atoms with Crippen molar-refractivity contribution in [2.24, 2.45) is 5.92 Å². The lowest BCUT2D eigenvalue weighted by molar-refractivity contribution is -0.125. The molecule has 0 radical (unpaired) electrons. The van der Waals surface area contributed by atoms with Gasteiger partial charge in [-0.15, -0.1) is 0 Å². The van der Waals surface area contributed by atoms with Gasteiger partial charge >= 0.3 is 6.18 Å². The van der Waals surface area contributed by atoms with Crippen molar-refractivity contribution in [1.82, 2.24) is 10.6 Å². The summed E-state index contributed by atoms with van der Waals surface area (Å²) < 4.78 is 35.0. The smallest absolute Gasteiger partial charge is 0.317 e. The lowest BCUT2D eigenvalue weighted by Crippen LogP contribution is -2.35. The Hall–Kier alpha value is -0.290. The molecule has 0 amide bonds. The molecule has 0 aliphatic carbocycles. The minimum atomic E-state index is -4.10. The van der Waals surface area contributed by atoms with E-state index in [4.69, 9.17) is 0 Å². The Morgan fingerprint density at radius 2 is 1.69 bits per heavy atom. The predicted octanol–water partition coefficient (Wildman–Crippen LogP) is 1.38. The van der Waals surface area contributed by atoms with Crippen LogP contribution in [0, 0.1) is 5.92 Å². The predicted molar refractivity (Wildman–Crippen MR) is 46.6 cm³/mol. The van der Waals surface area contributed by atoms with Crippen molar-refractivity contribution in [2.75, 3.05) is 26.2 Å². The van der Waals surface area contributed by atoms with Crippen molar-refractivity contribution in [2.45, 2.75) is 20.0 Å². The SMILES string of the molecule is CCNCC(C)CNCC(F)(F)F. The Labute approximate surface area is 76.9 Å². The molecular formula is C8H17F3N2. The van der Waals surface area contributed by atoms with Gasteiger partial charge in [0.2, 0.25) is 0 Å². The third-order valence-corrected chi connectivity index (χ3v) is 1.56. The van der Waals surface area contributed by atoms with Gasteiger partial charge in [-0.1, -0.05) is 13.8 Å². The topological polar surface area (TPSA) is 24.1 Å². The van der Waals surface area contributed by atoms with Crippen molar-refractivity contribution >= 4 is 0 Å². The molecule has 0 fully saturated rings. The van der Waals surface area contributed by atoms with E-state index in [1.165, 1.54) is 0 Å². The second-order valence-corrected chi connectivity index (χ2v) is 3.16. The Balaban J connectivity index is 3.31. The second-order valence-electron chi connectivity index (χ2n) is 3.16. The molecule has 2 N–H and O–H groups in total. The highest BCUT2D eigenvalue weighted by atomic mass is 19.4. The summed E-state index contributed by atoms with van der Waals surface area (Å²) in [5.74, 6) is 0.224. The molecule has 0 saturated heterocycles. The van der Waals surface area contributed by atoms with Gasteiger partial charge in [0.05, 0.1) is 6.54 Å². The molecular weight excluding hydrogens is 181 g/mol. The van der Waals surface area contributed by atoms with Crippen LogP contribution in [0.4, 0.5) is 13.2 Å². The van der Waals surface area contributed by atoms with E-state index in [2.05, 4.69) is 10.6 Å². The highest BCUT2D eigenvalue weighted by Crippen LogP contribution is 2.12. The van der Waals surface area contributed by atoms with Gasteiger partial charge in [0, 0.05) is 0 Å². The van der Waals surface area contributed by atoms with Crippen LogP contribution >= 0.6 is 0 Å². The maximum absolute atomic E-state index is 11.7. The van der Waals surface area contributed by atoms with Gasteiger partial charge in [-0.2, -0.15) is 13.2 Å². The van der Waals surface area contributed by atoms with Crippen LogP contribution < -0.4 is 10.6 Å². The summed E-state index contributed by atoms with van der Waals surface area (Å²) in [6.07, 6.45) is -4.10. The lowest BCUT2D eigenvalue weighted by Gasteiger charge is -2.13. The molecule has 0 bridgehead atoms. The summed E-state index contributed by atoms with van der Waals surface area (Å²) in [6.45, 7) is 4.98. The van der Waals surface area contributed by atoms with Crippen LogP contribution in [-0.4, -0.2) is 32.4 Å². The van der Waals surface area contributed by atoms with Crippen molar-refractivity contribution in [3.8, 4) is 0 Å². The summed E-state index contributed by atoms with van der Waals surface area (Å²) >= 11 is 0. The van der Waals surface area contributed by atoms with Crippen LogP contribution in [0.5, 0.6) is 0 Å². The fourth-order valence-corrected chi connectivity index (χ4v) is 0.923. The van der Waals surface area contributed by atoms with E-state index in [9.17, 15) is 13.2 Å². The Bertz CT molecular complexity index is 125. The molecule has 80 valence electrons. The lowest BCUT2D eigenvalue weighted by atomic mass is 10.2. The van der Waals surface area contributed by atoms with Crippen LogP contribution in [0.25, 0.3) is 0 Å². The first-order valence-electron chi connectivity index (χ1n) is 4.44. The van der Waals surface area contributed by atoms with Crippen LogP contribution in [0.3, 0.4) is 0 Å². The number of hydrogen-bond donors (Lipinski definition) is 2. The summed E-state index contributed by atoms with van der Waals surface area (Å²) in [5, 5.41) is 5.44. The molecule has 13 heavy (non-hydrogen) atoms. The van der Waals surface area contributed by atoms with E-state index in [-0.39, 0.29) is 5.92 Å². The van der Waals surface area contributed by atoms with Crippen LogP contribution in [-0.2, 0) is 0 Å². The van der Waals surface area contributed by atoms with Gasteiger partial charge in [-0.3, -0.25) is 0 Å². The monoisotopic (exact) mass is 198 g/mol. The molecule has 0 rings (SSSR count). The van der Waals surface area contributed by atoms with E-state index in [0.717, 1.165) is 13.1 Å². The van der Waals surface area contributed by atoms with Crippen LogP contribution in [0.2, 0.25) is 0 Å². The molecule has 0 spiro atoms. The summed E-state index contributed by atoms with van der Waals surface area (Å²) in [4.78, 5) is 0. The highest BCUT2D eigenvalue weighted by molar-refractivity contribution is 4.62. The van der Waals surface area contributed by atoms with Gasteiger partial charge in [0.1, 0.15) is 0 Å². The largest absolute Gasteiger partial charge is 0.401 e. The molecule has 0 aromatic carbocycles. The van der Waals surface area contributed by atoms with Gasteiger partial charge in [-0.25, -0.2) is 0 Å². The molecule has 0 aliphatic rings. The zero-order valence-corrected chi connectivity index (χ0v) is 8.04. The minimum Gasteiger partial charge on any atom is -0.317 e. The Morgan fingerprint density at radius 1 is 1.15 bits per heavy atom. The fraction of sp³-hybridized carbons (Fsp3) is 1.00. The average molecular weight is 198 g/mol. The Kier molecular flexibility index (Phi) is 6.07. The normalized spacial score (nSPS) is 14.5. The molecule has 2 nitrogen and oxygen atoms in total. The van der Waals surface area contributed by atoms with Crippen molar-refractivity contribution in [1.29, 1.82) is 0 Å². The zero-order chi connectivity index (χ0) is 10.3. The summed E-state index contributed by atoms with van der Waals surface area (Å²) in [7, 11) is 0. The molecule has 0 aromatic rings. The maximum Gasteiger partial charge on any atom is 0.401 e. The van der Waals surface area contributed by atoms with Crippen LogP contribution in [0.15, 0.2) is 0 Å². The van der Waals surface area contributed by atoms with E-state index in [0.29, 0.717) is 6.54 Å². The first kappa shape index (κ1) is 12.7. The van der Waals surface area contributed by atoms with E-state index >= 15 is 0 Å². The van der Waals surface area contributed by atoms with Gasteiger partial charge in [0.15, 0.2) is 0 Å². The number of hydrogen-bond acceptors (Lipinski definition) is 2. The number of nitrogens with one attached hydrogen (secondary N) is 2. The maximum atomic E-state index is 11.7. The van der Waals surface area contributed by atoms with Crippen molar-refractivity contribution in [3.05, 3.63) is 0 Å². The van der Waals surface area contributed by atoms with Gasteiger partial charge in [0.25, 0.3) is 0 Å². The summed E-state index contributed by atoms with van der Waals surface area (Å²) in [6, 6.07) is 0. The Morgan fingerprint density at radius 3 is 2.15 bits per heavy atom. The molecule has 5 heteroatoms. The number of alkyl halides is 3. The first-order chi connectivity index (χ1) is 5.95. The standard InChI is InChI=1S/C8H17F3N2/c1-3-12-4-7(2)5-13-6-8(9,10)11/h7,12-13H,3-6H2,1-2H3. The highest BCUT2D eigenvalue weighted by Gasteiger charge is 2.26. The summed E-state index contributed by atoms with van der Waals surface area (Å²) in [5.41, 5.74) is 0. The number of rotatable bonds is 6. The third kappa shape index (κ3) is 9.63. The molecule has 0 saturated carbocycles. The van der Waals surface area contributed by atoms with Crippen molar-refractivity contribution < 1.29 is 13.2 Å². The molecule has 0 aromatic heterocycles. The number of halogens is 3.